The van der Waals surface area contributed by atoms with Gasteiger partial charge in [0.15, 0.2) is 5.11 Å². The summed E-state index contributed by atoms with van der Waals surface area (Å²) in [5, 5.41) is 16.2. The van der Waals surface area contributed by atoms with E-state index in [9.17, 15) is 10.1 Å². The molecule has 0 unspecified atom stereocenters. The fourth-order valence-corrected chi connectivity index (χ4v) is 4.72. The molecule has 1 aromatic carbocycles. The van der Waals surface area contributed by atoms with E-state index in [-0.39, 0.29) is 11.0 Å². The molecule has 1 aromatic heterocycles. The van der Waals surface area contributed by atoms with Crippen molar-refractivity contribution in [1.29, 1.82) is 5.26 Å². The number of hydrogen-bond acceptors (Lipinski definition) is 5. The highest BCUT2D eigenvalue weighted by Crippen LogP contribution is 2.37. The number of anilines is 1. The molecule has 0 saturated carbocycles. The van der Waals surface area contributed by atoms with E-state index in [2.05, 4.69) is 30.6 Å². The van der Waals surface area contributed by atoms with Crippen molar-refractivity contribution >= 4 is 39.6 Å². The van der Waals surface area contributed by atoms with Crippen LogP contribution in [0.15, 0.2) is 24.3 Å². The maximum atomic E-state index is 12.6. The zero-order chi connectivity index (χ0) is 20.8. The summed E-state index contributed by atoms with van der Waals surface area (Å²) in [6, 6.07) is 9.34. The first-order chi connectivity index (χ1) is 14.0. The van der Waals surface area contributed by atoms with E-state index in [1.807, 2.05) is 6.07 Å². The predicted molar refractivity (Wildman–Crippen MR) is 121 cm³/mol. The number of aryl methyl sites for hydroxylation is 1. The van der Waals surface area contributed by atoms with Gasteiger partial charge in [-0.2, -0.15) is 5.26 Å². The van der Waals surface area contributed by atoms with Crippen molar-refractivity contribution in [2.24, 2.45) is 5.92 Å². The molecule has 0 radical (unpaired) electrons. The summed E-state index contributed by atoms with van der Waals surface area (Å²) in [6.07, 6.45) is 5.14. The number of benzene rings is 1. The van der Waals surface area contributed by atoms with Gasteiger partial charge in [0, 0.05) is 10.4 Å². The summed E-state index contributed by atoms with van der Waals surface area (Å²) in [4.78, 5) is 13.8. The Labute approximate surface area is 181 Å². The molecule has 0 aliphatic heterocycles. The average molecular weight is 428 g/mol. The van der Waals surface area contributed by atoms with Crippen LogP contribution in [0.2, 0.25) is 0 Å². The number of nitrogens with one attached hydrogen (secondary N) is 2. The monoisotopic (exact) mass is 427 g/mol. The van der Waals surface area contributed by atoms with Crippen molar-refractivity contribution in [3.63, 3.8) is 0 Å². The second-order valence-electron chi connectivity index (χ2n) is 7.49. The van der Waals surface area contributed by atoms with Gasteiger partial charge in [-0.25, -0.2) is 0 Å². The fourth-order valence-electron chi connectivity index (χ4n) is 3.22. The van der Waals surface area contributed by atoms with E-state index in [1.165, 1.54) is 4.88 Å². The zero-order valence-electron chi connectivity index (χ0n) is 16.7. The van der Waals surface area contributed by atoms with Gasteiger partial charge in [-0.3, -0.25) is 10.1 Å². The minimum atomic E-state index is -0.309. The number of carbonyl (C=O) groups is 1. The molecule has 0 fully saturated rings. The van der Waals surface area contributed by atoms with Crippen LogP contribution in [-0.4, -0.2) is 17.6 Å². The van der Waals surface area contributed by atoms with Crippen LogP contribution < -0.4 is 15.4 Å². The van der Waals surface area contributed by atoms with Crippen LogP contribution in [0, 0.1) is 17.2 Å². The minimum Gasteiger partial charge on any atom is -0.494 e. The first-order valence-electron chi connectivity index (χ1n) is 9.87. The van der Waals surface area contributed by atoms with Crippen LogP contribution in [-0.2, 0) is 12.8 Å². The van der Waals surface area contributed by atoms with Crippen LogP contribution in [0.4, 0.5) is 5.00 Å². The zero-order valence-corrected chi connectivity index (χ0v) is 18.3. The van der Waals surface area contributed by atoms with Gasteiger partial charge < -0.3 is 10.1 Å². The van der Waals surface area contributed by atoms with Crippen molar-refractivity contribution in [2.45, 2.75) is 46.0 Å². The summed E-state index contributed by atoms with van der Waals surface area (Å²) >= 11 is 6.87. The lowest BCUT2D eigenvalue weighted by atomic mass is 9.96. The highest BCUT2D eigenvalue weighted by molar-refractivity contribution is 7.80. The molecule has 3 rings (SSSR count). The summed E-state index contributed by atoms with van der Waals surface area (Å²) in [6.45, 7) is 4.90. The summed E-state index contributed by atoms with van der Waals surface area (Å²) in [5.74, 6) is 0.915. The molecule has 152 valence electrons. The van der Waals surface area contributed by atoms with Gasteiger partial charge in [0.25, 0.3) is 5.91 Å². The number of thiocarbonyl (C=S) groups is 1. The van der Waals surface area contributed by atoms with Crippen molar-refractivity contribution in [1.82, 2.24) is 5.32 Å². The van der Waals surface area contributed by atoms with Gasteiger partial charge in [0.2, 0.25) is 0 Å². The van der Waals surface area contributed by atoms with Crippen molar-refractivity contribution in [2.75, 3.05) is 11.9 Å². The molecule has 1 heterocycles. The van der Waals surface area contributed by atoms with Gasteiger partial charge in [-0.05, 0) is 74.0 Å². The summed E-state index contributed by atoms with van der Waals surface area (Å²) < 4.78 is 5.72. The second kappa shape index (κ2) is 9.86. The number of ether oxygens (including phenoxy) is 1. The third kappa shape index (κ3) is 5.55. The first kappa shape index (κ1) is 21.3. The predicted octanol–water partition coefficient (Wildman–Crippen LogP) is 5.05. The molecule has 1 aliphatic rings. The molecule has 2 N–H and O–H groups in total. The summed E-state index contributed by atoms with van der Waals surface area (Å²) in [7, 11) is 0. The normalized spacial score (nSPS) is 12.8. The number of nitrogens with zero attached hydrogens (tertiary/aromatic N) is 1. The van der Waals surface area contributed by atoms with Crippen LogP contribution >= 0.6 is 23.6 Å². The molecule has 0 saturated heterocycles. The Bertz CT molecular complexity index is 944. The molecule has 1 aliphatic carbocycles. The molecule has 1 amide bonds. The van der Waals surface area contributed by atoms with E-state index in [0.717, 1.165) is 42.7 Å². The minimum absolute atomic E-state index is 0.191. The Kier molecular flexibility index (Phi) is 7.24. The molecule has 0 atom stereocenters. The van der Waals surface area contributed by atoms with Crippen LogP contribution in [0.1, 0.15) is 59.5 Å². The number of thiophene rings is 1. The lowest BCUT2D eigenvalue weighted by Gasteiger charge is -2.11. The van der Waals surface area contributed by atoms with E-state index >= 15 is 0 Å². The molecular weight excluding hydrogens is 402 g/mol. The molecule has 7 heteroatoms. The lowest BCUT2D eigenvalue weighted by Crippen LogP contribution is -2.34. The van der Waals surface area contributed by atoms with E-state index in [1.54, 1.807) is 29.5 Å². The van der Waals surface area contributed by atoms with Gasteiger partial charge in [0.05, 0.1) is 12.2 Å². The lowest BCUT2D eigenvalue weighted by molar-refractivity contribution is 0.0977. The Balaban J connectivity index is 1.62. The molecule has 0 bridgehead atoms. The standard InChI is InChI=1S/C22H25N3O2S2/c1-14(2)10-11-27-16-7-5-6-15(12-16)20(26)24-22(28)25-21-18(13-23)17-8-3-4-9-19(17)29-21/h5-7,12,14H,3-4,8-11H2,1-2H3,(H2,24,25,26,28). The van der Waals surface area contributed by atoms with Crippen molar-refractivity contribution in [3.8, 4) is 11.8 Å². The summed E-state index contributed by atoms with van der Waals surface area (Å²) in [5.41, 5.74) is 2.26. The molecule has 0 spiro atoms. The molecule has 2 aromatic rings. The maximum absolute atomic E-state index is 12.6. The van der Waals surface area contributed by atoms with Crippen LogP contribution in [0.5, 0.6) is 5.75 Å². The van der Waals surface area contributed by atoms with Gasteiger partial charge in [-0.1, -0.05) is 19.9 Å². The van der Waals surface area contributed by atoms with Gasteiger partial charge in [-0.15, -0.1) is 11.3 Å². The third-order valence-corrected chi connectivity index (χ3v) is 6.21. The highest BCUT2D eigenvalue weighted by Gasteiger charge is 2.21. The number of nitriles is 1. The SMILES string of the molecule is CC(C)CCOc1cccc(C(=O)NC(=S)Nc2sc3c(c2C#N)CCCC3)c1. The van der Waals surface area contributed by atoms with Crippen molar-refractivity contribution in [3.05, 3.63) is 45.8 Å². The van der Waals surface area contributed by atoms with Gasteiger partial charge in [0.1, 0.15) is 16.8 Å². The Morgan fingerprint density at radius 1 is 1.34 bits per heavy atom. The Morgan fingerprint density at radius 2 is 2.14 bits per heavy atom. The maximum Gasteiger partial charge on any atom is 0.257 e. The number of amides is 1. The fraction of sp³-hybridized carbons (Fsp3) is 0.409. The number of carbonyl (C=O) groups excluding carboxylic acids is 1. The largest absolute Gasteiger partial charge is 0.494 e. The highest BCUT2D eigenvalue weighted by atomic mass is 32.1. The van der Waals surface area contributed by atoms with E-state index in [4.69, 9.17) is 17.0 Å². The van der Waals surface area contributed by atoms with E-state index in [0.29, 0.717) is 29.4 Å². The molecule has 5 nitrogen and oxygen atoms in total. The van der Waals surface area contributed by atoms with Gasteiger partial charge >= 0.3 is 0 Å². The quantitative estimate of drug-likeness (QED) is 0.631. The molecular formula is C22H25N3O2S2. The Hall–Kier alpha value is -2.43. The van der Waals surface area contributed by atoms with Crippen LogP contribution in [0.3, 0.4) is 0 Å². The third-order valence-electron chi connectivity index (χ3n) is 4.80. The number of fused-ring (bicyclic) bond motifs is 1. The smallest absolute Gasteiger partial charge is 0.257 e. The first-order valence-corrected chi connectivity index (χ1v) is 11.1. The number of rotatable bonds is 6. The molecule has 29 heavy (non-hydrogen) atoms. The Morgan fingerprint density at radius 3 is 2.90 bits per heavy atom. The van der Waals surface area contributed by atoms with E-state index < -0.39 is 0 Å². The van der Waals surface area contributed by atoms with Crippen LogP contribution in [0.25, 0.3) is 0 Å². The number of hydrogen-bond donors (Lipinski definition) is 2. The van der Waals surface area contributed by atoms with Crippen molar-refractivity contribution < 1.29 is 9.53 Å². The average Bonchev–Trinajstić information content (AvgIpc) is 3.04. The second-order valence-corrected chi connectivity index (χ2v) is 9.01. The topological polar surface area (TPSA) is 74.2 Å².